The maximum Gasteiger partial charge on any atom is 0.264 e. The van der Waals surface area contributed by atoms with Crippen molar-refractivity contribution in [3.05, 3.63) is 71.3 Å². The highest BCUT2D eigenvalue weighted by Crippen LogP contribution is 2.25. The molecule has 2 aromatic rings. The molecule has 0 saturated heterocycles. The van der Waals surface area contributed by atoms with Crippen molar-refractivity contribution in [1.82, 2.24) is 0 Å². The molecule has 0 saturated carbocycles. The summed E-state index contributed by atoms with van der Waals surface area (Å²) in [5, 5.41) is 0. The number of hydrogen-bond acceptors (Lipinski definition) is 2. The largest absolute Gasteiger partial charge is 0.372 e. The minimum Gasteiger partial charge on any atom is -0.372 e. The van der Waals surface area contributed by atoms with Crippen molar-refractivity contribution < 1.29 is 13.5 Å². The van der Waals surface area contributed by atoms with Crippen LogP contribution < -0.4 is 0 Å². The molecule has 1 atom stereocenters. The Morgan fingerprint density at radius 3 is 2.18 bits per heavy atom. The lowest BCUT2D eigenvalue weighted by molar-refractivity contribution is 0.0328. The molecule has 4 heteroatoms. The fourth-order valence-corrected chi connectivity index (χ4v) is 2.16. The van der Waals surface area contributed by atoms with Crippen LogP contribution in [-0.2, 0) is 4.74 Å². The van der Waals surface area contributed by atoms with Gasteiger partial charge in [-0.2, -0.15) is 0 Å². The lowest BCUT2D eigenvalue weighted by Crippen LogP contribution is -2.14. The van der Waals surface area contributed by atoms with E-state index in [-0.39, 0.29) is 6.10 Å². The Morgan fingerprint density at radius 2 is 1.64 bits per heavy atom. The average Bonchev–Trinajstić information content (AvgIpc) is 2.49. The molecule has 2 aromatic carbocycles. The van der Waals surface area contributed by atoms with Crippen molar-refractivity contribution in [3.8, 4) is 0 Å². The molecule has 1 unspecified atom stereocenters. The monoisotopic (exact) mass is 303 g/mol. The van der Waals surface area contributed by atoms with Gasteiger partial charge in [0, 0.05) is 20.2 Å². The zero-order valence-corrected chi connectivity index (χ0v) is 12.7. The molecule has 0 aliphatic heterocycles. The van der Waals surface area contributed by atoms with E-state index in [2.05, 4.69) is 4.99 Å². The van der Waals surface area contributed by atoms with Gasteiger partial charge in [-0.05, 0) is 16.7 Å². The van der Waals surface area contributed by atoms with Crippen molar-refractivity contribution >= 4 is 6.21 Å². The van der Waals surface area contributed by atoms with Crippen LogP contribution in [0.5, 0.6) is 0 Å². The predicted octanol–water partition coefficient (Wildman–Crippen LogP) is 4.50. The molecule has 0 aliphatic rings. The highest BCUT2D eigenvalue weighted by molar-refractivity contribution is 5.79. The van der Waals surface area contributed by atoms with Gasteiger partial charge in [0.15, 0.2) is 0 Å². The minimum atomic E-state index is -2.77. The van der Waals surface area contributed by atoms with Gasteiger partial charge < -0.3 is 4.74 Å². The van der Waals surface area contributed by atoms with Crippen molar-refractivity contribution in [2.45, 2.75) is 19.0 Å². The molecule has 0 fully saturated rings. The van der Waals surface area contributed by atoms with Gasteiger partial charge in [-0.1, -0.05) is 54.6 Å². The van der Waals surface area contributed by atoms with Gasteiger partial charge in [-0.3, -0.25) is 4.99 Å². The van der Waals surface area contributed by atoms with Crippen molar-refractivity contribution in [3.63, 3.8) is 0 Å². The van der Waals surface area contributed by atoms with Crippen molar-refractivity contribution in [2.24, 2.45) is 4.99 Å². The van der Waals surface area contributed by atoms with E-state index in [1.807, 2.05) is 54.6 Å². The van der Waals surface area contributed by atoms with Gasteiger partial charge in [-0.15, -0.1) is 0 Å². The van der Waals surface area contributed by atoms with Crippen molar-refractivity contribution in [1.29, 1.82) is 0 Å². The summed E-state index contributed by atoms with van der Waals surface area (Å²) in [6, 6.07) is 17.4. The summed E-state index contributed by atoms with van der Waals surface area (Å²) < 4.78 is 31.0. The van der Waals surface area contributed by atoms with Crippen LogP contribution in [0.15, 0.2) is 59.6 Å². The van der Waals surface area contributed by atoms with E-state index in [0.717, 1.165) is 23.6 Å². The second kappa shape index (κ2) is 7.27. The summed E-state index contributed by atoms with van der Waals surface area (Å²) in [4.78, 5) is 3.76. The second-order valence-corrected chi connectivity index (χ2v) is 5.23. The Kier molecular flexibility index (Phi) is 5.39. The predicted molar refractivity (Wildman–Crippen MR) is 84.8 cm³/mol. The fraction of sp³-hybridized carbons (Fsp3) is 0.278. The highest BCUT2D eigenvalue weighted by atomic mass is 19.3. The first kappa shape index (κ1) is 16.3. The molecule has 0 amide bonds. The summed E-state index contributed by atoms with van der Waals surface area (Å²) in [6.45, 7) is 0.357. The van der Waals surface area contributed by atoms with Crippen LogP contribution in [0.4, 0.5) is 8.78 Å². The molecule has 22 heavy (non-hydrogen) atoms. The van der Waals surface area contributed by atoms with E-state index in [1.54, 1.807) is 7.11 Å². The number of methoxy groups -OCH3 is 1. The zero-order chi connectivity index (χ0) is 16.0. The highest BCUT2D eigenvalue weighted by Gasteiger charge is 2.19. The Morgan fingerprint density at radius 1 is 1.05 bits per heavy atom. The van der Waals surface area contributed by atoms with Gasteiger partial charge in [0.05, 0.1) is 0 Å². The molecule has 0 aromatic heterocycles. The van der Waals surface area contributed by atoms with Crippen LogP contribution in [0.1, 0.15) is 29.7 Å². The number of alkyl halides is 2. The molecule has 0 radical (unpaired) electrons. The van der Waals surface area contributed by atoms with Crippen LogP contribution in [0.25, 0.3) is 0 Å². The van der Waals surface area contributed by atoms with E-state index in [1.165, 1.54) is 6.21 Å². The van der Waals surface area contributed by atoms with Gasteiger partial charge in [0.25, 0.3) is 5.92 Å². The van der Waals surface area contributed by atoms with Crippen LogP contribution in [0, 0.1) is 0 Å². The quantitative estimate of drug-likeness (QED) is 0.720. The number of rotatable bonds is 6. The molecule has 2 nitrogen and oxygen atoms in total. The molecular weight excluding hydrogens is 284 g/mol. The lowest BCUT2D eigenvalue weighted by Gasteiger charge is -2.16. The average molecular weight is 303 g/mol. The zero-order valence-electron chi connectivity index (χ0n) is 12.7. The van der Waals surface area contributed by atoms with Crippen molar-refractivity contribution in [2.75, 3.05) is 13.7 Å². The maximum atomic E-state index is 12.7. The van der Waals surface area contributed by atoms with Crippen LogP contribution in [0.2, 0.25) is 0 Å². The number of halogens is 2. The van der Waals surface area contributed by atoms with E-state index in [9.17, 15) is 8.78 Å². The van der Waals surface area contributed by atoms with Crippen LogP contribution in [-0.4, -0.2) is 25.8 Å². The van der Waals surface area contributed by atoms with Gasteiger partial charge in [0.1, 0.15) is 12.6 Å². The number of aliphatic imine (C=N–C) groups is 1. The smallest absolute Gasteiger partial charge is 0.264 e. The molecular formula is C18H19F2NO. The summed E-state index contributed by atoms with van der Waals surface area (Å²) >= 11 is 0. The summed E-state index contributed by atoms with van der Waals surface area (Å²) in [7, 11) is 1.66. The molecule has 0 aliphatic carbocycles. The van der Waals surface area contributed by atoms with Crippen LogP contribution >= 0.6 is 0 Å². The molecule has 0 N–H and O–H groups in total. The van der Waals surface area contributed by atoms with Crippen LogP contribution in [0.3, 0.4) is 0 Å². The number of hydrogen-bond donors (Lipinski definition) is 0. The lowest BCUT2D eigenvalue weighted by atomic mass is 10.0. The second-order valence-electron chi connectivity index (χ2n) is 5.23. The summed E-state index contributed by atoms with van der Waals surface area (Å²) in [5.41, 5.74) is 2.86. The fourth-order valence-electron chi connectivity index (χ4n) is 2.16. The number of benzene rings is 2. The molecule has 116 valence electrons. The summed E-state index contributed by atoms with van der Waals surface area (Å²) in [6.07, 6.45) is 1.32. The SMILES string of the molecule is COC(c1ccccc1)c1ccc(C=NCC(C)(F)F)cc1. The van der Waals surface area contributed by atoms with Gasteiger partial charge >= 0.3 is 0 Å². The molecule has 0 heterocycles. The topological polar surface area (TPSA) is 21.6 Å². The first-order valence-electron chi connectivity index (χ1n) is 7.05. The Bertz CT molecular complexity index is 603. The summed E-state index contributed by atoms with van der Waals surface area (Å²) in [5.74, 6) is -2.77. The third-order valence-electron chi connectivity index (χ3n) is 3.19. The van der Waals surface area contributed by atoms with Gasteiger partial charge in [0.2, 0.25) is 0 Å². The first-order valence-corrected chi connectivity index (χ1v) is 7.05. The number of ether oxygens (including phenoxy) is 1. The Labute approximate surface area is 129 Å². The van der Waals surface area contributed by atoms with E-state index in [4.69, 9.17) is 4.74 Å². The minimum absolute atomic E-state index is 0.146. The molecule has 0 bridgehead atoms. The Hall–Kier alpha value is -2.07. The number of nitrogens with zero attached hydrogens (tertiary/aromatic N) is 1. The normalized spacial score (nSPS) is 13.5. The first-order chi connectivity index (χ1) is 10.5. The maximum absolute atomic E-state index is 12.7. The van der Waals surface area contributed by atoms with E-state index >= 15 is 0 Å². The van der Waals surface area contributed by atoms with E-state index in [0.29, 0.717) is 0 Å². The molecule has 0 spiro atoms. The third kappa shape index (κ3) is 4.74. The third-order valence-corrected chi connectivity index (χ3v) is 3.19. The van der Waals surface area contributed by atoms with E-state index < -0.39 is 12.5 Å². The molecule has 2 rings (SSSR count). The standard InChI is InChI=1S/C18H19F2NO/c1-18(19,20)13-21-12-14-8-10-16(11-9-14)17(22-2)15-6-4-3-5-7-15/h3-12,17H,13H2,1-2H3. The Balaban J connectivity index is 2.11. The van der Waals surface area contributed by atoms with Gasteiger partial charge in [-0.25, -0.2) is 8.78 Å².